The van der Waals surface area contributed by atoms with Gasteiger partial charge in [-0.3, -0.25) is 0 Å². The van der Waals surface area contributed by atoms with Crippen LogP contribution in [-0.2, 0) is 4.84 Å². The average molecular weight is 210 g/mol. The van der Waals surface area contributed by atoms with Crippen molar-refractivity contribution >= 4 is 5.71 Å². The van der Waals surface area contributed by atoms with Gasteiger partial charge < -0.3 is 10.6 Å². The third-order valence-corrected chi connectivity index (χ3v) is 1.80. The van der Waals surface area contributed by atoms with Crippen LogP contribution >= 0.6 is 0 Å². The Hall–Kier alpha value is -1.42. The topological polar surface area (TPSA) is 47.6 Å². The van der Waals surface area contributed by atoms with Crippen LogP contribution in [0.15, 0.2) is 29.4 Å². The van der Waals surface area contributed by atoms with Crippen LogP contribution in [0, 0.1) is 5.82 Å². The lowest BCUT2D eigenvalue weighted by molar-refractivity contribution is 0.134. The number of halogens is 1. The molecule has 0 saturated heterocycles. The molecule has 0 amide bonds. The van der Waals surface area contributed by atoms with Crippen molar-refractivity contribution in [3.63, 3.8) is 0 Å². The van der Waals surface area contributed by atoms with Crippen molar-refractivity contribution in [3.05, 3.63) is 35.6 Å². The molecule has 0 radical (unpaired) electrons. The normalized spacial score (nSPS) is 13.7. The summed E-state index contributed by atoms with van der Waals surface area (Å²) in [5, 5.41) is 3.88. The summed E-state index contributed by atoms with van der Waals surface area (Å²) in [5.41, 5.74) is 7.03. The van der Waals surface area contributed by atoms with Crippen LogP contribution in [0.5, 0.6) is 0 Å². The quantitative estimate of drug-likeness (QED) is 0.609. The summed E-state index contributed by atoms with van der Waals surface area (Å²) >= 11 is 0. The zero-order valence-corrected chi connectivity index (χ0v) is 8.90. The van der Waals surface area contributed by atoms with Crippen LogP contribution in [0.25, 0.3) is 0 Å². The van der Waals surface area contributed by atoms with Gasteiger partial charge in [-0.05, 0) is 31.5 Å². The van der Waals surface area contributed by atoms with E-state index in [4.69, 9.17) is 10.6 Å². The summed E-state index contributed by atoms with van der Waals surface area (Å²) in [7, 11) is 0. The van der Waals surface area contributed by atoms with Crippen molar-refractivity contribution < 1.29 is 9.23 Å². The van der Waals surface area contributed by atoms with Crippen molar-refractivity contribution in [2.75, 3.05) is 6.61 Å². The molecule has 1 unspecified atom stereocenters. The minimum absolute atomic E-state index is 0.0465. The molecule has 0 aromatic heterocycles. The summed E-state index contributed by atoms with van der Waals surface area (Å²) in [6.07, 6.45) is 0. The summed E-state index contributed by atoms with van der Waals surface area (Å²) in [5.74, 6) is -0.261. The maximum Gasteiger partial charge on any atom is 0.131 e. The average Bonchev–Trinajstić information content (AvgIpc) is 2.18. The lowest BCUT2D eigenvalue weighted by atomic mass is 10.1. The maximum atomic E-state index is 12.6. The van der Waals surface area contributed by atoms with Crippen molar-refractivity contribution in [2.45, 2.75) is 19.9 Å². The highest BCUT2D eigenvalue weighted by Gasteiger charge is 1.99. The molecule has 0 aliphatic heterocycles. The Morgan fingerprint density at radius 1 is 1.47 bits per heavy atom. The van der Waals surface area contributed by atoms with Gasteiger partial charge in [-0.15, -0.1) is 0 Å². The number of hydrogen-bond donors (Lipinski definition) is 1. The molecular weight excluding hydrogens is 195 g/mol. The van der Waals surface area contributed by atoms with E-state index in [-0.39, 0.29) is 11.9 Å². The van der Waals surface area contributed by atoms with E-state index in [1.54, 1.807) is 19.1 Å². The SMILES string of the molecule is CC(=NOCC(C)N)c1ccc(F)cc1. The number of nitrogens with two attached hydrogens (primary N) is 1. The second kappa shape index (κ2) is 5.46. The molecule has 2 N–H and O–H groups in total. The minimum atomic E-state index is -0.261. The molecule has 0 spiro atoms. The number of benzene rings is 1. The molecule has 4 heteroatoms. The van der Waals surface area contributed by atoms with Crippen LogP contribution in [0.3, 0.4) is 0 Å². The predicted molar refractivity (Wildman–Crippen MR) is 58.2 cm³/mol. The molecule has 82 valence electrons. The van der Waals surface area contributed by atoms with E-state index in [2.05, 4.69) is 5.16 Å². The highest BCUT2D eigenvalue weighted by Crippen LogP contribution is 2.04. The fourth-order valence-corrected chi connectivity index (χ4v) is 0.995. The van der Waals surface area contributed by atoms with Gasteiger partial charge in [0.05, 0.1) is 5.71 Å². The molecule has 1 atom stereocenters. The number of rotatable bonds is 4. The smallest absolute Gasteiger partial charge is 0.131 e. The van der Waals surface area contributed by atoms with Gasteiger partial charge >= 0.3 is 0 Å². The molecule has 1 aromatic carbocycles. The molecule has 0 heterocycles. The van der Waals surface area contributed by atoms with E-state index < -0.39 is 0 Å². The van der Waals surface area contributed by atoms with Crippen molar-refractivity contribution in [2.24, 2.45) is 10.9 Å². The van der Waals surface area contributed by atoms with Gasteiger partial charge in [0.15, 0.2) is 0 Å². The second-order valence-corrected chi connectivity index (χ2v) is 3.46. The van der Waals surface area contributed by atoms with Crippen molar-refractivity contribution in [1.29, 1.82) is 0 Å². The van der Waals surface area contributed by atoms with Gasteiger partial charge in [0.2, 0.25) is 0 Å². The number of oxime groups is 1. The van der Waals surface area contributed by atoms with E-state index >= 15 is 0 Å². The largest absolute Gasteiger partial charge is 0.394 e. The Morgan fingerprint density at radius 2 is 2.07 bits per heavy atom. The van der Waals surface area contributed by atoms with Crippen LogP contribution in [0.1, 0.15) is 19.4 Å². The standard InChI is InChI=1S/C11H15FN2O/c1-8(13)7-15-14-9(2)10-3-5-11(12)6-4-10/h3-6,8H,7,13H2,1-2H3. The zero-order valence-electron chi connectivity index (χ0n) is 8.90. The molecule has 0 aliphatic carbocycles. The van der Waals surface area contributed by atoms with Gasteiger partial charge in [0.1, 0.15) is 12.4 Å². The predicted octanol–water partition coefficient (Wildman–Crippen LogP) is 1.91. The molecule has 15 heavy (non-hydrogen) atoms. The first-order valence-electron chi connectivity index (χ1n) is 4.77. The van der Waals surface area contributed by atoms with Crippen LogP contribution in [-0.4, -0.2) is 18.4 Å². The maximum absolute atomic E-state index is 12.6. The summed E-state index contributed by atoms with van der Waals surface area (Å²) < 4.78 is 12.6. The monoisotopic (exact) mass is 210 g/mol. The summed E-state index contributed by atoms with van der Waals surface area (Å²) in [4.78, 5) is 5.01. The molecular formula is C11H15FN2O. The molecule has 0 saturated carbocycles. The van der Waals surface area contributed by atoms with Crippen LogP contribution in [0.4, 0.5) is 4.39 Å². The molecule has 0 fully saturated rings. The highest BCUT2D eigenvalue weighted by molar-refractivity contribution is 5.98. The fourth-order valence-electron chi connectivity index (χ4n) is 0.995. The van der Waals surface area contributed by atoms with E-state index in [9.17, 15) is 4.39 Å². The zero-order chi connectivity index (χ0) is 11.3. The Labute approximate surface area is 88.7 Å². The number of hydrogen-bond acceptors (Lipinski definition) is 3. The van der Waals surface area contributed by atoms with Crippen molar-refractivity contribution in [3.8, 4) is 0 Å². The third kappa shape index (κ3) is 4.08. The van der Waals surface area contributed by atoms with Crippen LogP contribution in [0.2, 0.25) is 0 Å². The van der Waals surface area contributed by atoms with E-state index in [0.29, 0.717) is 12.3 Å². The summed E-state index contributed by atoms with van der Waals surface area (Å²) in [6.45, 7) is 4.01. The Bertz CT molecular complexity index is 333. The van der Waals surface area contributed by atoms with Gasteiger partial charge in [-0.1, -0.05) is 17.3 Å². The first-order chi connectivity index (χ1) is 7.09. The second-order valence-electron chi connectivity index (χ2n) is 3.46. The summed E-state index contributed by atoms with van der Waals surface area (Å²) in [6, 6.07) is 6.04. The van der Waals surface area contributed by atoms with Gasteiger partial charge in [-0.25, -0.2) is 4.39 Å². The van der Waals surface area contributed by atoms with Gasteiger partial charge in [0, 0.05) is 6.04 Å². The fraction of sp³-hybridized carbons (Fsp3) is 0.364. The van der Waals surface area contributed by atoms with E-state index in [1.807, 2.05) is 6.92 Å². The lowest BCUT2D eigenvalue weighted by Gasteiger charge is -2.04. The van der Waals surface area contributed by atoms with Crippen molar-refractivity contribution in [1.82, 2.24) is 0 Å². The molecule has 1 aromatic rings. The molecule has 0 aliphatic rings. The molecule has 1 rings (SSSR count). The molecule has 0 bridgehead atoms. The number of nitrogens with zero attached hydrogens (tertiary/aromatic N) is 1. The minimum Gasteiger partial charge on any atom is -0.394 e. The molecule has 3 nitrogen and oxygen atoms in total. The third-order valence-electron chi connectivity index (χ3n) is 1.80. The lowest BCUT2D eigenvalue weighted by Crippen LogP contribution is -2.20. The van der Waals surface area contributed by atoms with Gasteiger partial charge in [0.25, 0.3) is 0 Å². The van der Waals surface area contributed by atoms with E-state index in [0.717, 1.165) is 5.56 Å². The first-order valence-corrected chi connectivity index (χ1v) is 4.77. The Morgan fingerprint density at radius 3 is 2.60 bits per heavy atom. The van der Waals surface area contributed by atoms with E-state index in [1.165, 1.54) is 12.1 Å². The van der Waals surface area contributed by atoms with Gasteiger partial charge in [-0.2, -0.15) is 0 Å². The van der Waals surface area contributed by atoms with Crippen LogP contribution < -0.4 is 5.73 Å². The Kier molecular flexibility index (Phi) is 4.24. The Balaban J connectivity index is 2.59. The first kappa shape index (κ1) is 11.7. The highest BCUT2D eigenvalue weighted by atomic mass is 19.1.